The lowest BCUT2D eigenvalue weighted by Crippen LogP contribution is -2.15. The Morgan fingerprint density at radius 2 is 1.95 bits per heavy atom. The minimum Gasteiger partial charge on any atom is -0.389 e. The number of nitrogens with zero attached hydrogens (tertiary/aromatic N) is 3. The smallest absolute Gasteiger partial charge is 0.113 e. The van der Waals surface area contributed by atoms with E-state index in [-0.39, 0.29) is 0 Å². The maximum absolute atomic E-state index is 5.80. The lowest BCUT2D eigenvalue weighted by molar-refractivity contribution is 0.818. The van der Waals surface area contributed by atoms with Gasteiger partial charge >= 0.3 is 0 Å². The maximum Gasteiger partial charge on any atom is 0.113 e. The summed E-state index contributed by atoms with van der Waals surface area (Å²) in [5, 5.41) is 8.39. The van der Waals surface area contributed by atoms with Crippen molar-refractivity contribution >= 4 is 28.2 Å². The SMILES string of the molecule is Cc1cccc(C(N)=S)c1-n1nnc2ccccc21. The second-order valence-electron chi connectivity index (χ2n) is 4.33. The Morgan fingerprint density at radius 3 is 2.74 bits per heavy atom. The van der Waals surface area contributed by atoms with E-state index in [9.17, 15) is 0 Å². The van der Waals surface area contributed by atoms with Crippen LogP contribution < -0.4 is 5.73 Å². The predicted octanol–water partition coefficient (Wildman–Crippen LogP) is 2.36. The van der Waals surface area contributed by atoms with Crippen LogP contribution in [0, 0.1) is 6.92 Å². The third kappa shape index (κ3) is 1.88. The van der Waals surface area contributed by atoms with Crippen LogP contribution in [-0.4, -0.2) is 20.0 Å². The third-order valence-corrected chi connectivity index (χ3v) is 3.29. The Bertz CT molecular complexity index is 776. The highest BCUT2D eigenvalue weighted by Crippen LogP contribution is 2.22. The van der Waals surface area contributed by atoms with E-state index in [2.05, 4.69) is 10.3 Å². The van der Waals surface area contributed by atoms with Crippen LogP contribution in [0.3, 0.4) is 0 Å². The van der Waals surface area contributed by atoms with Gasteiger partial charge in [-0.25, -0.2) is 4.68 Å². The molecule has 0 spiro atoms. The molecule has 0 fully saturated rings. The van der Waals surface area contributed by atoms with Crippen LogP contribution in [0.2, 0.25) is 0 Å². The molecule has 0 aliphatic rings. The second kappa shape index (κ2) is 4.44. The molecule has 0 aliphatic carbocycles. The van der Waals surface area contributed by atoms with E-state index in [4.69, 9.17) is 18.0 Å². The average molecular weight is 268 g/mol. The van der Waals surface area contributed by atoms with E-state index in [0.29, 0.717) is 4.99 Å². The number of aryl methyl sites for hydroxylation is 1. The van der Waals surface area contributed by atoms with Crippen molar-refractivity contribution in [3.8, 4) is 5.69 Å². The van der Waals surface area contributed by atoms with Gasteiger partial charge in [0.15, 0.2) is 0 Å². The van der Waals surface area contributed by atoms with Gasteiger partial charge in [0.25, 0.3) is 0 Å². The Balaban J connectivity index is 2.36. The fourth-order valence-electron chi connectivity index (χ4n) is 2.17. The van der Waals surface area contributed by atoms with E-state index >= 15 is 0 Å². The summed E-state index contributed by atoms with van der Waals surface area (Å²) in [7, 11) is 0. The molecule has 0 aliphatic heterocycles. The number of nitrogens with two attached hydrogens (primary N) is 1. The highest BCUT2D eigenvalue weighted by Gasteiger charge is 2.13. The summed E-state index contributed by atoms with van der Waals surface area (Å²) in [4.78, 5) is 0.360. The molecule has 4 nitrogen and oxygen atoms in total. The summed E-state index contributed by atoms with van der Waals surface area (Å²) >= 11 is 5.12. The molecule has 0 amide bonds. The molecule has 1 heterocycles. The van der Waals surface area contributed by atoms with Crippen molar-refractivity contribution in [3.05, 3.63) is 53.6 Å². The molecule has 0 bridgehead atoms. The van der Waals surface area contributed by atoms with Crippen molar-refractivity contribution < 1.29 is 0 Å². The standard InChI is InChI=1S/C14H12N4S/c1-9-5-4-6-10(14(15)19)13(9)18-12-8-3-2-7-11(12)16-17-18/h2-8H,1H3,(H2,15,19). The number of para-hydroxylation sites is 2. The molecule has 2 aromatic carbocycles. The highest BCUT2D eigenvalue weighted by molar-refractivity contribution is 7.80. The summed E-state index contributed by atoms with van der Waals surface area (Å²) in [6.07, 6.45) is 0. The zero-order chi connectivity index (χ0) is 13.4. The Labute approximate surface area is 115 Å². The first-order chi connectivity index (χ1) is 9.18. The van der Waals surface area contributed by atoms with E-state index < -0.39 is 0 Å². The molecule has 0 atom stereocenters. The van der Waals surface area contributed by atoms with Gasteiger partial charge in [-0.2, -0.15) is 0 Å². The molecule has 5 heteroatoms. The first kappa shape index (κ1) is 11.8. The maximum atomic E-state index is 5.80. The van der Waals surface area contributed by atoms with Crippen LogP contribution in [0.1, 0.15) is 11.1 Å². The van der Waals surface area contributed by atoms with E-state index in [0.717, 1.165) is 27.8 Å². The van der Waals surface area contributed by atoms with Gasteiger partial charge in [0.2, 0.25) is 0 Å². The summed E-state index contributed by atoms with van der Waals surface area (Å²) in [5.74, 6) is 0. The zero-order valence-corrected chi connectivity index (χ0v) is 11.2. The van der Waals surface area contributed by atoms with Crippen molar-refractivity contribution in [2.24, 2.45) is 5.73 Å². The quantitative estimate of drug-likeness (QED) is 0.725. The third-order valence-electron chi connectivity index (χ3n) is 3.07. The van der Waals surface area contributed by atoms with E-state index in [1.54, 1.807) is 4.68 Å². The summed E-state index contributed by atoms with van der Waals surface area (Å²) in [6, 6.07) is 13.7. The fraction of sp³-hybridized carbons (Fsp3) is 0.0714. The molecule has 2 N–H and O–H groups in total. The van der Waals surface area contributed by atoms with Crippen molar-refractivity contribution in [2.75, 3.05) is 0 Å². The topological polar surface area (TPSA) is 56.7 Å². The van der Waals surface area contributed by atoms with Crippen molar-refractivity contribution in [1.82, 2.24) is 15.0 Å². The Hall–Kier alpha value is -2.27. The summed E-state index contributed by atoms with van der Waals surface area (Å²) in [6.45, 7) is 2.01. The minimum absolute atomic E-state index is 0.360. The van der Waals surface area contributed by atoms with Gasteiger partial charge in [0, 0.05) is 5.56 Å². The van der Waals surface area contributed by atoms with Gasteiger partial charge in [-0.05, 0) is 30.7 Å². The van der Waals surface area contributed by atoms with Gasteiger partial charge in [-0.1, -0.05) is 41.7 Å². The van der Waals surface area contributed by atoms with Crippen molar-refractivity contribution in [2.45, 2.75) is 6.92 Å². The van der Waals surface area contributed by atoms with E-state index in [1.807, 2.05) is 49.4 Å². The average Bonchev–Trinajstić information content (AvgIpc) is 2.82. The van der Waals surface area contributed by atoms with Gasteiger partial charge < -0.3 is 5.73 Å². The number of hydrogen-bond acceptors (Lipinski definition) is 3. The number of aromatic nitrogens is 3. The molecule has 0 saturated carbocycles. The van der Waals surface area contributed by atoms with Gasteiger partial charge in [0.1, 0.15) is 10.5 Å². The van der Waals surface area contributed by atoms with Gasteiger partial charge in [-0.3, -0.25) is 0 Å². The number of benzene rings is 2. The van der Waals surface area contributed by atoms with Crippen LogP contribution >= 0.6 is 12.2 Å². The minimum atomic E-state index is 0.360. The molecule has 1 aromatic heterocycles. The largest absolute Gasteiger partial charge is 0.389 e. The van der Waals surface area contributed by atoms with Crippen LogP contribution in [0.5, 0.6) is 0 Å². The monoisotopic (exact) mass is 268 g/mol. The highest BCUT2D eigenvalue weighted by atomic mass is 32.1. The van der Waals surface area contributed by atoms with Crippen LogP contribution in [0.15, 0.2) is 42.5 Å². The zero-order valence-electron chi connectivity index (χ0n) is 10.4. The van der Waals surface area contributed by atoms with Crippen LogP contribution in [-0.2, 0) is 0 Å². The Kier molecular flexibility index (Phi) is 2.76. The number of thiocarbonyl (C=S) groups is 1. The number of rotatable bonds is 2. The summed E-state index contributed by atoms with van der Waals surface area (Å²) in [5.41, 5.74) is 10.3. The molecule has 19 heavy (non-hydrogen) atoms. The van der Waals surface area contributed by atoms with E-state index in [1.165, 1.54) is 0 Å². The Morgan fingerprint density at radius 1 is 1.16 bits per heavy atom. The first-order valence-corrected chi connectivity index (χ1v) is 6.29. The first-order valence-electron chi connectivity index (χ1n) is 5.88. The van der Waals surface area contributed by atoms with Gasteiger partial charge in [0.05, 0.1) is 11.2 Å². The molecule has 3 rings (SSSR count). The van der Waals surface area contributed by atoms with Crippen LogP contribution in [0.4, 0.5) is 0 Å². The van der Waals surface area contributed by atoms with Crippen molar-refractivity contribution in [3.63, 3.8) is 0 Å². The fourth-order valence-corrected chi connectivity index (χ4v) is 2.34. The normalized spacial score (nSPS) is 10.8. The molecule has 0 radical (unpaired) electrons. The molecular formula is C14H12N4S. The van der Waals surface area contributed by atoms with Crippen LogP contribution in [0.25, 0.3) is 16.7 Å². The van der Waals surface area contributed by atoms with Crippen molar-refractivity contribution in [1.29, 1.82) is 0 Å². The predicted molar refractivity (Wildman–Crippen MR) is 79.5 cm³/mol. The second-order valence-corrected chi connectivity index (χ2v) is 4.77. The molecule has 3 aromatic rings. The molecular weight excluding hydrogens is 256 g/mol. The lowest BCUT2D eigenvalue weighted by Gasteiger charge is -2.11. The molecule has 0 saturated heterocycles. The lowest BCUT2D eigenvalue weighted by atomic mass is 10.1. The number of hydrogen-bond donors (Lipinski definition) is 1. The molecule has 0 unspecified atom stereocenters. The summed E-state index contributed by atoms with van der Waals surface area (Å²) < 4.78 is 1.79. The number of fused-ring (bicyclic) bond motifs is 1. The van der Waals surface area contributed by atoms with Gasteiger partial charge in [-0.15, -0.1) is 5.10 Å². The molecule has 94 valence electrons.